The van der Waals surface area contributed by atoms with Crippen molar-refractivity contribution in [3.63, 3.8) is 0 Å². The minimum atomic E-state index is -0.139. The summed E-state index contributed by atoms with van der Waals surface area (Å²) in [5.41, 5.74) is 1.16. The molecule has 0 spiro atoms. The summed E-state index contributed by atoms with van der Waals surface area (Å²) < 4.78 is 5.13. The number of benzene rings is 1. The zero-order valence-corrected chi connectivity index (χ0v) is 14.9. The van der Waals surface area contributed by atoms with E-state index < -0.39 is 0 Å². The van der Waals surface area contributed by atoms with Crippen LogP contribution in [0, 0.1) is 11.8 Å². The van der Waals surface area contributed by atoms with Crippen LogP contribution in [0.1, 0.15) is 44.1 Å². The van der Waals surface area contributed by atoms with Crippen molar-refractivity contribution in [3.05, 3.63) is 29.8 Å². The van der Waals surface area contributed by atoms with Crippen molar-refractivity contribution in [2.45, 2.75) is 51.0 Å². The Morgan fingerprint density at radius 1 is 1.04 bits per heavy atom. The second kappa shape index (κ2) is 8.37. The Balaban J connectivity index is 1.35. The fourth-order valence-corrected chi connectivity index (χ4v) is 3.58. The molecule has 0 aliphatic heterocycles. The molecule has 2 aliphatic rings. The standard InChI is InChI=1S/C20H28N2O3/c1-25-16-9-7-14(8-10-16)11-12-21-19(23)17-13-18(17)20(24)22-15-5-3-2-4-6-15/h7-10,15,17-18H,2-6,11-13H2,1H3,(H,21,23)(H,22,24). The minimum absolute atomic E-state index is 0.0114. The molecule has 2 unspecified atom stereocenters. The van der Waals surface area contributed by atoms with E-state index in [0.717, 1.165) is 30.6 Å². The van der Waals surface area contributed by atoms with Gasteiger partial charge in [0.25, 0.3) is 0 Å². The van der Waals surface area contributed by atoms with Crippen LogP contribution in [0.4, 0.5) is 0 Å². The Kier molecular flexibility index (Phi) is 5.95. The van der Waals surface area contributed by atoms with E-state index in [0.29, 0.717) is 19.0 Å². The van der Waals surface area contributed by atoms with Crippen LogP contribution in [0.2, 0.25) is 0 Å². The van der Waals surface area contributed by atoms with Gasteiger partial charge in [0.15, 0.2) is 0 Å². The van der Waals surface area contributed by atoms with E-state index >= 15 is 0 Å². The molecular formula is C20H28N2O3. The van der Waals surface area contributed by atoms with Gasteiger partial charge in [-0.3, -0.25) is 9.59 Å². The zero-order chi connectivity index (χ0) is 17.6. The Morgan fingerprint density at radius 3 is 2.40 bits per heavy atom. The van der Waals surface area contributed by atoms with Crippen molar-refractivity contribution >= 4 is 11.8 Å². The summed E-state index contributed by atoms with van der Waals surface area (Å²) in [5.74, 6) is 0.652. The third-order valence-electron chi connectivity index (χ3n) is 5.29. The number of nitrogens with one attached hydrogen (secondary N) is 2. The number of ether oxygens (including phenoxy) is 1. The quantitative estimate of drug-likeness (QED) is 0.798. The minimum Gasteiger partial charge on any atom is -0.497 e. The van der Waals surface area contributed by atoms with Crippen molar-refractivity contribution in [1.29, 1.82) is 0 Å². The van der Waals surface area contributed by atoms with Gasteiger partial charge < -0.3 is 15.4 Å². The van der Waals surface area contributed by atoms with E-state index in [1.165, 1.54) is 19.3 Å². The van der Waals surface area contributed by atoms with Gasteiger partial charge in [-0.2, -0.15) is 0 Å². The predicted octanol–water partition coefficient (Wildman–Crippen LogP) is 2.44. The molecule has 1 aromatic carbocycles. The highest BCUT2D eigenvalue weighted by molar-refractivity contribution is 5.92. The molecule has 2 N–H and O–H groups in total. The maximum atomic E-state index is 12.2. The Bertz CT molecular complexity index is 593. The van der Waals surface area contributed by atoms with Crippen LogP contribution >= 0.6 is 0 Å². The van der Waals surface area contributed by atoms with Crippen LogP contribution in [-0.4, -0.2) is 31.5 Å². The number of hydrogen-bond donors (Lipinski definition) is 2. The molecule has 5 heteroatoms. The molecule has 0 aromatic heterocycles. The van der Waals surface area contributed by atoms with Gasteiger partial charge in [-0.1, -0.05) is 31.4 Å². The molecule has 1 aromatic rings. The van der Waals surface area contributed by atoms with E-state index in [2.05, 4.69) is 10.6 Å². The molecule has 0 radical (unpaired) electrons. The van der Waals surface area contributed by atoms with E-state index in [1.807, 2.05) is 24.3 Å². The third kappa shape index (κ3) is 4.97. The summed E-state index contributed by atoms with van der Waals surface area (Å²) in [7, 11) is 1.64. The summed E-state index contributed by atoms with van der Waals surface area (Å²) in [6.07, 6.45) is 7.30. The molecule has 2 saturated carbocycles. The van der Waals surface area contributed by atoms with Gasteiger partial charge in [0.05, 0.1) is 18.9 Å². The van der Waals surface area contributed by atoms with Gasteiger partial charge in [0, 0.05) is 12.6 Å². The van der Waals surface area contributed by atoms with Crippen molar-refractivity contribution < 1.29 is 14.3 Å². The van der Waals surface area contributed by atoms with Gasteiger partial charge >= 0.3 is 0 Å². The first kappa shape index (κ1) is 17.8. The number of amides is 2. The maximum Gasteiger partial charge on any atom is 0.224 e. The second-order valence-electron chi connectivity index (χ2n) is 7.18. The molecule has 2 aliphatic carbocycles. The van der Waals surface area contributed by atoms with Gasteiger partial charge in [0.1, 0.15) is 5.75 Å². The third-order valence-corrected chi connectivity index (χ3v) is 5.29. The van der Waals surface area contributed by atoms with E-state index in [-0.39, 0.29) is 23.7 Å². The van der Waals surface area contributed by atoms with Crippen molar-refractivity contribution in [1.82, 2.24) is 10.6 Å². The Hall–Kier alpha value is -2.04. The Labute approximate surface area is 149 Å². The lowest BCUT2D eigenvalue weighted by molar-refractivity contribution is -0.127. The van der Waals surface area contributed by atoms with Crippen molar-refractivity contribution in [3.8, 4) is 5.75 Å². The summed E-state index contributed by atoms with van der Waals surface area (Å²) in [6.45, 7) is 0.596. The molecule has 0 bridgehead atoms. The van der Waals surface area contributed by atoms with Crippen LogP contribution in [-0.2, 0) is 16.0 Å². The lowest BCUT2D eigenvalue weighted by atomic mass is 9.95. The normalized spacial score (nSPS) is 22.9. The number of carbonyl (C=O) groups excluding carboxylic acids is 2. The molecule has 2 atom stereocenters. The summed E-state index contributed by atoms with van der Waals surface area (Å²) >= 11 is 0. The topological polar surface area (TPSA) is 67.4 Å². The van der Waals surface area contributed by atoms with Crippen molar-refractivity contribution in [2.75, 3.05) is 13.7 Å². The van der Waals surface area contributed by atoms with Crippen LogP contribution in [0.25, 0.3) is 0 Å². The fraction of sp³-hybridized carbons (Fsp3) is 0.600. The van der Waals surface area contributed by atoms with E-state index in [4.69, 9.17) is 4.74 Å². The Morgan fingerprint density at radius 2 is 1.72 bits per heavy atom. The number of carbonyl (C=O) groups is 2. The summed E-state index contributed by atoms with van der Waals surface area (Å²) in [4.78, 5) is 24.4. The molecule has 2 amide bonds. The average molecular weight is 344 g/mol. The molecule has 3 rings (SSSR count). The molecular weight excluding hydrogens is 316 g/mol. The average Bonchev–Trinajstić information content (AvgIpc) is 3.44. The van der Waals surface area contributed by atoms with Crippen LogP contribution in [0.3, 0.4) is 0 Å². The summed E-state index contributed by atoms with van der Waals surface area (Å²) in [6, 6.07) is 8.17. The molecule has 136 valence electrons. The largest absolute Gasteiger partial charge is 0.497 e. The first-order valence-corrected chi connectivity index (χ1v) is 9.38. The molecule has 0 heterocycles. The second-order valence-corrected chi connectivity index (χ2v) is 7.18. The monoisotopic (exact) mass is 344 g/mol. The van der Waals surface area contributed by atoms with Crippen molar-refractivity contribution in [2.24, 2.45) is 11.8 Å². The molecule has 25 heavy (non-hydrogen) atoms. The highest BCUT2D eigenvalue weighted by atomic mass is 16.5. The number of methoxy groups -OCH3 is 1. The van der Waals surface area contributed by atoms with Crippen LogP contribution in [0.15, 0.2) is 24.3 Å². The zero-order valence-electron chi connectivity index (χ0n) is 14.9. The fourth-order valence-electron chi connectivity index (χ4n) is 3.58. The summed E-state index contributed by atoms with van der Waals surface area (Å²) in [5, 5.41) is 6.09. The number of rotatable bonds is 7. The maximum absolute atomic E-state index is 12.2. The highest BCUT2D eigenvalue weighted by Crippen LogP contribution is 2.39. The van der Waals surface area contributed by atoms with Crippen LogP contribution < -0.4 is 15.4 Å². The van der Waals surface area contributed by atoms with Crippen LogP contribution in [0.5, 0.6) is 5.75 Å². The smallest absolute Gasteiger partial charge is 0.224 e. The predicted molar refractivity (Wildman–Crippen MR) is 96.3 cm³/mol. The number of hydrogen-bond acceptors (Lipinski definition) is 3. The molecule has 5 nitrogen and oxygen atoms in total. The van der Waals surface area contributed by atoms with Gasteiger partial charge in [-0.15, -0.1) is 0 Å². The first-order chi connectivity index (χ1) is 12.2. The highest BCUT2D eigenvalue weighted by Gasteiger charge is 2.48. The van der Waals surface area contributed by atoms with Gasteiger partial charge in [0.2, 0.25) is 11.8 Å². The van der Waals surface area contributed by atoms with Gasteiger partial charge in [-0.25, -0.2) is 0 Å². The lowest BCUT2D eigenvalue weighted by Gasteiger charge is -2.22. The van der Waals surface area contributed by atoms with E-state index in [1.54, 1.807) is 7.11 Å². The van der Waals surface area contributed by atoms with E-state index in [9.17, 15) is 9.59 Å². The molecule has 0 saturated heterocycles. The van der Waals surface area contributed by atoms with Gasteiger partial charge in [-0.05, 0) is 43.4 Å². The first-order valence-electron chi connectivity index (χ1n) is 9.38. The lowest BCUT2D eigenvalue weighted by Crippen LogP contribution is -2.38. The molecule has 2 fully saturated rings. The SMILES string of the molecule is COc1ccc(CCNC(=O)C2CC2C(=O)NC2CCCCC2)cc1.